The molecule has 24 heavy (non-hydrogen) atoms. The maximum absolute atomic E-state index is 12.2. The van der Waals surface area contributed by atoms with Crippen LogP contribution in [-0.2, 0) is 11.3 Å². The summed E-state index contributed by atoms with van der Waals surface area (Å²) in [6.45, 7) is 7.72. The fraction of sp³-hybridized carbons (Fsp3) is 0.350. The molecule has 0 spiro atoms. The molecule has 0 atom stereocenters. The summed E-state index contributed by atoms with van der Waals surface area (Å²) < 4.78 is 5.44. The van der Waals surface area contributed by atoms with Gasteiger partial charge in [0.15, 0.2) is 0 Å². The average Bonchev–Trinajstić information content (AvgIpc) is 2.53. The molecule has 4 nitrogen and oxygen atoms in total. The molecule has 4 heteroatoms. The zero-order chi connectivity index (χ0) is 17.5. The van der Waals surface area contributed by atoms with Crippen molar-refractivity contribution in [1.29, 1.82) is 0 Å². The maximum Gasteiger partial charge on any atom is 0.238 e. The second-order valence-corrected chi connectivity index (χ2v) is 6.12. The third kappa shape index (κ3) is 5.39. The van der Waals surface area contributed by atoms with Gasteiger partial charge in [-0.05, 0) is 62.7 Å². The van der Waals surface area contributed by atoms with E-state index in [-0.39, 0.29) is 5.91 Å². The first-order valence-corrected chi connectivity index (χ1v) is 8.25. The van der Waals surface area contributed by atoms with E-state index in [1.165, 1.54) is 0 Å². The largest absolute Gasteiger partial charge is 0.494 e. The number of nitrogens with one attached hydrogen (secondary N) is 1. The van der Waals surface area contributed by atoms with E-state index in [0.29, 0.717) is 19.7 Å². The molecule has 0 radical (unpaired) electrons. The van der Waals surface area contributed by atoms with Crippen LogP contribution in [0.25, 0.3) is 0 Å². The fourth-order valence-electron chi connectivity index (χ4n) is 2.53. The summed E-state index contributed by atoms with van der Waals surface area (Å²) in [5, 5.41) is 2.99. The first kappa shape index (κ1) is 18.0. The lowest BCUT2D eigenvalue weighted by molar-refractivity contribution is -0.117. The van der Waals surface area contributed by atoms with E-state index < -0.39 is 0 Å². The number of anilines is 1. The summed E-state index contributed by atoms with van der Waals surface area (Å²) in [6, 6.07) is 14.1. The minimum atomic E-state index is -0.00265. The molecule has 2 aromatic carbocycles. The van der Waals surface area contributed by atoms with E-state index in [2.05, 4.69) is 5.32 Å². The van der Waals surface area contributed by atoms with Crippen LogP contribution < -0.4 is 10.1 Å². The van der Waals surface area contributed by atoms with Crippen LogP contribution in [0.3, 0.4) is 0 Å². The van der Waals surface area contributed by atoms with Crippen molar-refractivity contribution < 1.29 is 9.53 Å². The van der Waals surface area contributed by atoms with Gasteiger partial charge in [0.05, 0.1) is 13.2 Å². The Morgan fingerprint density at radius 3 is 2.50 bits per heavy atom. The molecule has 0 aliphatic heterocycles. The van der Waals surface area contributed by atoms with Gasteiger partial charge in [-0.1, -0.05) is 24.3 Å². The van der Waals surface area contributed by atoms with Crippen molar-refractivity contribution in [2.45, 2.75) is 27.3 Å². The second kappa shape index (κ2) is 8.50. The highest BCUT2D eigenvalue weighted by Gasteiger charge is 2.09. The van der Waals surface area contributed by atoms with Crippen LogP contribution in [0, 0.1) is 13.8 Å². The number of carbonyl (C=O) groups excluding carboxylic acids is 1. The monoisotopic (exact) mass is 326 g/mol. The van der Waals surface area contributed by atoms with Crippen LogP contribution in [-0.4, -0.2) is 31.0 Å². The molecule has 0 fully saturated rings. The molecular weight excluding hydrogens is 300 g/mol. The van der Waals surface area contributed by atoms with Gasteiger partial charge in [0.2, 0.25) is 5.91 Å². The summed E-state index contributed by atoms with van der Waals surface area (Å²) in [5.41, 5.74) is 4.25. The third-order valence-electron chi connectivity index (χ3n) is 3.77. The Bertz CT molecular complexity index is 681. The molecule has 0 heterocycles. The van der Waals surface area contributed by atoms with Gasteiger partial charge in [0.25, 0.3) is 0 Å². The number of likely N-dealkylation sites (N-methyl/N-ethyl adjacent to an activating group) is 1. The molecular formula is C20H26N2O2. The Balaban J connectivity index is 1.88. The van der Waals surface area contributed by atoms with Gasteiger partial charge in [-0.2, -0.15) is 0 Å². The van der Waals surface area contributed by atoms with Crippen molar-refractivity contribution >= 4 is 11.6 Å². The first-order valence-electron chi connectivity index (χ1n) is 8.25. The van der Waals surface area contributed by atoms with Gasteiger partial charge in [-0.15, -0.1) is 0 Å². The molecule has 128 valence electrons. The van der Waals surface area contributed by atoms with Gasteiger partial charge in [0.1, 0.15) is 5.75 Å². The number of amides is 1. The molecule has 0 aliphatic carbocycles. The Hall–Kier alpha value is -2.33. The lowest BCUT2D eigenvalue weighted by atomic mass is 10.1. The zero-order valence-electron chi connectivity index (χ0n) is 14.9. The number of nitrogens with zero attached hydrogens (tertiary/aromatic N) is 1. The van der Waals surface area contributed by atoms with Crippen LogP contribution in [0.15, 0.2) is 42.5 Å². The predicted molar refractivity (Wildman–Crippen MR) is 98.5 cm³/mol. The number of ether oxygens (including phenoxy) is 1. The van der Waals surface area contributed by atoms with E-state index >= 15 is 0 Å². The second-order valence-electron chi connectivity index (χ2n) is 6.12. The molecule has 1 N–H and O–H groups in total. The predicted octanol–water partition coefficient (Wildman–Crippen LogP) is 3.77. The highest BCUT2D eigenvalue weighted by Crippen LogP contribution is 2.16. The molecule has 1 amide bonds. The maximum atomic E-state index is 12.2. The van der Waals surface area contributed by atoms with Crippen molar-refractivity contribution in [2.24, 2.45) is 0 Å². The quantitative estimate of drug-likeness (QED) is 0.842. The number of rotatable bonds is 7. The lowest BCUT2D eigenvalue weighted by Crippen LogP contribution is -2.30. The molecule has 0 saturated heterocycles. The Labute approximate surface area is 144 Å². The molecule has 0 unspecified atom stereocenters. The Morgan fingerprint density at radius 1 is 1.12 bits per heavy atom. The number of hydrogen-bond acceptors (Lipinski definition) is 3. The van der Waals surface area contributed by atoms with E-state index in [4.69, 9.17) is 4.74 Å². The van der Waals surface area contributed by atoms with Crippen LogP contribution in [0.2, 0.25) is 0 Å². The van der Waals surface area contributed by atoms with E-state index in [9.17, 15) is 4.79 Å². The number of carbonyl (C=O) groups is 1. The minimum Gasteiger partial charge on any atom is -0.494 e. The summed E-state index contributed by atoms with van der Waals surface area (Å²) >= 11 is 0. The zero-order valence-corrected chi connectivity index (χ0v) is 14.9. The topological polar surface area (TPSA) is 41.6 Å². The number of hydrogen-bond donors (Lipinski definition) is 1. The Kier molecular flexibility index (Phi) is 6.38. The molecule has 0 aromatic heterocycles. The van der Waals surface area contributed by atoms with Gasteiger partial charge in [0, 0.05) is 12.2 Å². The van der Waals surface area contributed by atoms with Gasteiger partial charge >= 0.3 is 0 Å². The summed E-state index contributed by atoms with van der Waals surface area (Å²) in [7, 11) is 1.94. The Morgan fingerprint density at radius 2 is 1.83 bits per heavy atom. The fourth-order valence-corrected chi connectivity index (χ4v) is 2.53. The highest BCUT2D eigenvalue weighted by molar-refractivity contribution is 5.93. The van der Waals surface area contributed by atoms with E-state index in [0.717, 1.165) is 28.1 Å². The normalized spacial score (nSPS) is 10.7. The van der Waals surface area contributed by atoms with Crippen LogP contribution in [0.1, 0.15) is 23.6 Å². The van der Waals surface area contributed by atoms with Gasteiger partial charge in [-0.25, -0.2) is 0 Å². The van der Waals surface area contributed by atoms with E-state index in [1.807, 2.05) is 75.2 Å². The lowest BCUT2D eigenvalue weighted by Gasteiger charge is -2.17. The highest BCUT2D eigenvalue weighted by atomic mass is 16.5. The van der Waals surface area contributed by atoms with Crippen molar-refractivity contribution in [2.75, 3.05) is 25.5 Å². The van der Waals surface area contributed by atoms with Crippen LogP contribution in [0.5, 0.6) is 5.75 Å². The molecule has 0 aliphatic rings. The van der Waals surface area contributed by atoms with Crippen molar-refractivity contribution in [3.8, 4) is 5.75 Å². The average molecular weight is 326 g/mol. The molecule has 0 bridgehead atoms. The third-order valence-corrected chi connectivity index (χ3v) is 3.77. The smallest absolute Gasteiger partial charge is 0.238 e. The summed E-state index contributed by atoms with van der Waals surface area (Å²) in [6.07, 6.45) is 0. The summed E-state index contributed by atoms with van der Waals surface area (Å²) in [4.78, 5) is 14.2. The van der Waals surface area contributed by atoms with Crippen LogP contribution >= 0.6 is 0 Å². The SMILES string of the molecule is CCOc1ccc(CN(C)CC(=O)Nc2cc(C)ccc2C)cc1. The van der Waals surface area contributed by atoms with Crippen molar-refractivity contribution in [1.82, 2.24) is 4.90 Å². The first-order chi connectivity index (χ1) is 11.5. The standard InChI is InChI=1S/C20H26N2O2/c1-5-24-18-10-8-17(9-11-18)13-22(4)14-20(23)21-19-12-15(2)6-7-16(19)3/h6-12H,5,13-14H2,1-4H3,(H,21,23). The minimum absolute atomic E-state index is 0.00265. The number of aryl methyl sites for hydroxylation is 2. The van der Waals surface area contributed by atoms with Gasteiger partial charge < -0.3 is 10.1 Å². The van der Waals surface area contributed by atoms with Crippen molar-refractivity contribution in [3.63, 3.8) is 0 Å². The number of benzene rings is 2. The van der Waals surface area contributed by atoms with Crippen molar-refractivity contribution in [3.05, 3.63) is 59.2 Å². The van der Waals surface area contributed by atoms with Gasteiger partial charge in [-0.3, -0.25) is 9.69 Å². The van der Waals surface area contributed by atoms with Crippen LogP contribution in [0.4, 0.5) is 5.69 Å². The molecule has 2 aromatic rings. The summed E-state index contributed by atoms with van der Waals surface area (Å²) in [5.74, 6) is 0.869. The molecule has 0 saturated carbocycles. The van der Waals surface area contributed by atoms with E-state index in [1.54, 1.807) is 0 Å². The molecule has 2 rings (SSSR count).